The highest BCUT2D eigenvalue weighted by molar-refractivity contribution is 5.80. The van der Waals surface area contributed by atoms with Gasteiger partial charge >= 0.3 is 0 Å². The number of nitrogens with two attached hydrogens (primary N) is 1. The summed E-state index contributed by atoms with van der Waals surface area (Å²) >= 11 is 0. The Morgan fingerprint density at radius 2 is 1.87 bits per heavy atom. The number of nitrogen functional groups attached to an aromatic ring is 1. The van der Waals surface area contributed by atoms with Crippen molar-refractivity contribution in [2.45, 2.75) is 0 Å². The molecule has 3 N–H and O–H groups in total. The highest BCUT2D eigenvalue weighted by atomic mass is 16.5. The van der Waals surface area contributed by atoms with E-state index >= 15 is 0 Å². The molecular weight excluding hydrogens is 290 g/mol. The van der Waals surface area contributed by atoms with Crippen LogP contribution in [0.2, 0.25) is 0 Å². The van der Waals surface area contributed by atoms with E-state index in [1.165, 1.54) is 0 Å². The van der Waals surface area contributed by atoms with Gasteiger partial charge in [0.2, 0.25) is 0 Å². The number of ether oxygens (including phenoxy) is 1. The van der Waals surface area contributed by atoms with E-state index in [2.05, 4.69) is 19.9 Å². The Hall–Kier alpha value is -3.41. The number of aromatic amines is 1. The van der Waals surface area contributed by atoms with Crippen molar-refractivity contribution in [3.63, 3.8) is 0 Å². The summed E-state index contributed by atoms with van der Waals surface area (Å²) in [6, 6.07) is 14.8. The van der Waals surface area contributed by atoms with E-state index in [4.69, 9.17) is 10.5 Å². The Labute approximate surface area is 132 Å². The van der Waals surface area contributed by atoms with Gasteiger partial charge in [0.1, 0.15) is 23.0 Å². The molecule has 1 aromatic carbocycles. The Morgan fingerprint density at radius 3 is 2.65 bits per heavy atom. The molecule has 0 fully saturated rings. The van der Waals surface area contributed by atoms with E-state index < -0.39 is 0 Å². The SMILES string of the molecule is Nc1ccc(Oc2ccc3nc(-c4ccccn4)[nH]c3c2)cn1. The van der Waals surface area contributed by atoms with Gasteiger partial charge in [0.25, 0.3) is 0 Å². The molecule has 0 spiro atoms. The van der Waals surface area contributed by atoms with E-state index in [1.54, 1.807) is 24.5 Å². The topological polar surface area (TPSA) is 89.7 Å². The van der Waals surface area contributed by atoms with Crippen molar-refractivity contribution in [2.75, 3.05) is 5.73 Å². The zero-order valence-corrected chi connectivity index (χ0v) is 12.1. The van der Waals surface area contributed by atoms with Gasteiger partial charge in [0.15, 0.2) is 5.82 Å². The average Bonchev–Trinajstić information content (AvgIpc) is 3.01. The minimum absolute atomic E-state index is 0.460. The molecule has 0 atom stereocenters. The van der Waals surface area contributed by atoms with Crippen molar-refractivity contribution in [1.29, 1.82) is 0 Å². The van der Waals surface area contributed by atoms with Crippen LogP contribution in [-0.2, 0) is 0 Å². The van der Waals surface area contributed by atoms with Crippen molar-refractivity contribution in [3.8, 4) is 23.0 Å². The fraction of sp³-hybridized carbons (Fsp3) is 0. The number of imidazole rings is 1. The van der Waals surface area contributed by atoms with Gasteiger partial charge in [-0.15, -0.1) is 0 Å². The van der Waals surface area contributed by atoms with Gasteiger partial charge in [-0.1, -0.05) is 6.07 Å². The lowest BCUT2D eigenvalue weighted by molar-refractivity contribution is 0.481. The first-order chi connectivity index (χ1) is 11.3. The second-order valence-corrected chi connectivity index (χ2v) is 5.00. The molecule has 0 aliphatic rings. The summed E-state index contributed by atoms with van der Waals surface area (Å²) < 4.78 is 5.77. The summed E-state index contributed by atoms with van der Waals surface area (Å²) in [5.41, 5.74) is 8.10. The van der Waals surface area contributed by atoms with Crippen molar-refractivity contribution in [2.24, 2.45) is 0 Å². The third kappa shape index (κ3) is 2.69. The van der Waals surface area contributed by atoms with E-state index in [-0.39, 0.29) is 0 Å². The number of hydrogen-bond acceptors (Lipinski definition) is 5. The normalized spacial score (nSPS) is 10.8. The second-order valence-electron chi connectivity index (χ2n) is 5.00. The third-order valence-corrected chi connectivity index (χ3v) is 3.36. The number of fused-ring (bicyclic) bond motifs is 1. The van der Waals surface area contributed by atoms with E-state index in [0.717, 1.165) is 22.6 Å². The van der Waals surface area contributed by atoms with E-state index in [9.17, 15) is 0 Å². The first kappa shape index (κ1) is 13.3. The molecule has 0 aliphatic heterocycles. The number of anilines is 1. The zero-order valence-electron chi connectivity index (χ0n) is 12.1. The average molecular weight is 303 g/mol. The zero-order chi connectivity index (χ0) is 15.6. The maximum Gasteiger partial charge on any atom is 0.157 e. The third-order valence-electron chi connectivity index (χ3n) is 3.36. The predicted octanol–water partition coefficient (Wildman–Crippen LogP) is 3.39. The molecule has 6 nitrogen and oxygen atoms in total. The number of rotatable bonds is 3. The van der Waals surface area contributed by atoms with Crippen LogP contribution in [-0.4, -0.2) is 19.9 Å². The molecule has 4 rings (SSSR count). The van der Waals surface area contributed by atoms with Gasteiger partial charge in [-0.2, -0.15) is 0 Å². The van der Waals surface area contributed by atoms with Crippen molar-refractivity contribution in [1.82, 2.24) is 19.9 Å². The number of pyridine rings is 2. The summed E-state index contributed by atoms with van der Waals surface area (Å²) in [4.78, 5) is 16.1. The number of hydrogen-bond donors (Lipinski definition) is 2. The van der Waals surface area contributed by atoms with Crippen LogP contribution in [0.5, 0.6) is 11.5 Å². The largest absolute Gasteiger partial charge is 0.456 e. The Balaban J connectivity index is 1.66. The molecule has 0 unspecified atom stereocenters. The van der Waals surface area contributed by atoms with Crippen LogP contribution in [0, 0.1) is 0 Å². The fourth-order valence-corrected chi connectivity index (χ4v) is 2.26. The van der Waals surface area contributed by atoms with Crippen LogP contribution in [0.4, 0.5) is 5.82 Å². The first-order valence-corrected chi connectivity index (χ1v) is 7.08. The molecule has 112 valence electrons. The molecule has 0 amide bonds. The number of aromatic nitrogens is 4. The lowest BCUT2D eigenvalue weighted by Gasteiger charge is -2.04. The number of nitrogens with one attached hydrogen (secondary N) is 1. The predicted molar refractivity (Wildman–Crippen MR) is 88.0 cm³/mol. The monoisotopic (exact) mass is 303 g/mol. The van der Waals surface area contributed by atoms with Gasteiger partial charge in [-0.05, 0) is 36.4 Å². The summed E-state index contributed by atoms with van der Waals surface area (Å²) in [6.07, 6.45) is 3.33. The van der Waals surface area contributed by atoms with Crippen LogP contribution in [0.3, 0.4) is 0 Å². The number of benzene rings is 1. The second kappa shape index (κ2) is 5.42. The molecule has 3 heterocycles. The summed E-state index contributed by atoms with van der Waals surface area (Å²) in [7, 11) is 0. The van der Waals surface area contributed by atoms with Crippen LogP contribution >= 0.6 is 0 Å². The molecule has 4 aromatic rings. The van der Waals surface area contributed by atoms with Gasteiger partial charge < -0.3 is 15.5 Å². The van der Waals surface area contributed by atoms with Crippen LogP contribution in [0.25, 0.3) is 22.6 Å². The summed E-state index contributed by atoms with van der Waals surface area (Å²) in [5.74, 6) is 2.51. The molecule has 3 aromatic heterocycles. The van der Waals surface area contributed by atoms with Crippen molar-refractivity contribution >= 4 is 16.9 Å². The maximum atomic E-state index is 5.77. The molecule has 0 saturated heterocycles. The lowest BCUT2D eigenvalue weighted by atomic mass is 10.3. The minimum Gasteiger partial charge on any atom is -0.456 e. The van der Waals surface area contributed by atoms with Crippen LogP contribution < -0.4 is 10.5 Å². The quantitative estimate of drug-likeness (QED) is 0.605. The van der Waals surface area contributed by atoms with Crippen molar-refractivity contribution < 1.29 is 4.74 Å². The molecule has 0 aliphatic carbocycles. The molecule has 0 bridgehead atoms. The molecular formula is C17H13N5O. The molecule has 0 radical (unpaired) electrons. The fourth-order valence-electron chi connectivity index (χ4n) is 2.26. The summed E-state index contributed by atoms with van der Waals surface area (Å²) in [5, 5.41) is 0. The first-order valence-electron chi connectivity index (χ1n) is 7.08. The Bertz CT molecular complexity index is 948. The van der Waals surface area contributed by atoms with Gasteiger partial charge in [0.05, 0.1) is 17.2 Å². The molecule has 0 saturated carbocycles. The number of H-pyrrole nitrogens is 1. The molecule has 23 heavy (non-hydrogen) atoms. The standard InChI is InChI=1S/C17H13N5O/c18-16-7-5-12(10-20-16)23-11-4-6-13-15(9-11)22-17(21-13)14-3-1-2-8-19-14/h1-10H,(H2,18,20)(H,21,22). The van der Waals surface area contributed by atoms with Crippen LogP contribution in [0.1, 0.15) is 0 Å². The van der Waals surface area contributed by atoms with Gasteiger partial charge in [-0.25, -0.2) is 9.97 Å². The Kier molecular flexibility index (Phi) is 3.12. The lowest BCUT2D eigenvalue weighted by Crippen LogP contribution is -1.90. The Morgan fingerprint density at radius 1 is 0.957 bits per heavy atom. The highest BCUT2D eigenvalue weighted by Gasteiger charge is 2.07. The van der Waals surface area contributed by atoms with Gasteiger partial charge in [-0.3, -0.25) is 4.98 Å². The number of nitrogens with zero attached hydrogens (tertiary/aromatic N) is 3. The molecule has 6 heteroatoms. The summed E-state index contributed by atoms with van der Waals surface area (Å²) in [6.45, 7) is 0. The van der Waals surface area contributed by atoms with Crippen molar-refractivity contribution in [3.05, 3.63) is 60.9 Å². The van der Waals surface area contributed by atoms with Crippen LogP contribution in [0.15, 0.2) is 60.9 Å². The smallest absolute Gasteiger partial charge is 0.157 e. The minimum atomic E-state index is 0.460. The van der Waals surface area contributed by atoms with E-state index in [0.29, 0.717) is 17.3 Å². The maximum absolute atomic E-state index is 5.77. The highest BCUT2D eigenvalue weighted by Crippen LogP contribution is 2.26. The van der Waals surface area contributed by atoms with E-state index in [1.807, 2.05) is 36.4 Å². The van der Waals surface area contributed by atoms with Gasteiger partial charge in [0, 0.05) is 12.3 Å².